The first-order valence-electron chi connectivity index (χ1n) is 8.52. The summed E-state index contributed by atoms with van der Waals surface area (Å²) >= 11 is 3.23. The quantitative estimate of drug-likeness (QED) is 0.749. The van der Waals surface area contributed by atoms with E-state index in [4.69, 9.17) is 0 Å². The van der Waals surface area contributed by atoms with Crippen molar-refractivity contribution in [2.45, 2.75) is 31.6 Å². The number of carbonyl (C=O) groups is 1. The molecule has 2 aromatic rings. The van der Waals surface area contributed by atoms with Crippen LogP contribution in [0.1, 0.15) is 36.9 Å². The Labute approximate surface area is 157 Å². The molecule has 1 aliphatic heterocycles. The third kappa shape index (κ3) is 5.13. The van der Waals surface area contributed by atoms with Crippen molar-refractivity contribution in [3.05, 3.63) is 65.7 Å². The summed E-state index contributed by atoms with van der Waals surface area (Å²) in [6.45, 7) is 2.14. The van der Waals surface area contributed by atoms with Gasteiger partial charge in [-0.25, -0.2) is 4.99 Å². The zero-order valence-corrected chi connectivity index (χ0v) is 15.9. The molecule has 3 rings (SSSR count). The van der Waals surface area contributed by atoms with Crippen molar-refractivity contribution in [2.24, 2.45) is 4.99 Å². The first-order valence-corrected chi connectivity index (χ1v) is 10.5. The summed E-state index contributed by atoms with van der Waals surface area (Å²) in [7, 11) is 0. The van der Waals surface area contributed by atoms with E-state index in [1.807, 2.05) is 36.4 Å². The van der Waals surface area contributed by atoms with E-state index in [1.165, 1.54) is 22.9 Å². The lowest BCUT2D eigenvalue weighted by Crippen LogP contribution is -2.30. The van der Waals surface area contributed by atoms with Crippen molar-refractivity contribution in [2.75, 3.05) is 5.75 Å². The number of amides is 1. The first kappa shape index (κ1) is 18.1. The van der Waals surface area contributed by atoms with Crippen molar-refractivity contribution < 1.29 is 4.79 Å². The standard InChI is InChI=1S/C20H22N2OS2/c1-2-8-17(15-9-4-3-5-10-15)21-19(23)14-25-20-22-18-12-7-6-11-16(18)13-24-20/h3-7,9-12,17H,2,8,13-14H2,1H3,(H,21,23). The molecule has 25 heavy (non-hydrogen) atoms. The minimum Gasteiger partial charge on any atom is -0.349 e. The number of aliphatic imine (C=N–C) groups is 1. The summed E-state index contributed by atoms with van der Waals surface area (Å²) in [5.41, 5.74) is 3.45. The Balaban J connectivity index is 1.56. The number of thioether (sulfide) groups is 2. The number of para-hydroxylation sites is 1. The summed E-state index contributed by atoms with van der Waals surface area (Å²) in [5, 5.41) is 3.17. The summed E-state index contributed by atoms with van der Waals surface area (Å²) in [6.07, 6.45) is 1.98. The van der Waals surface area contributed by atoms with Gasteiger partial charge in [-0.05, 0) is 23.6 Å². The van der Waals surface area contributed by atoms with Gasteiger partial charge in [-0.3, -0.25) is 4.79 Å². The molecule has 0 bridgehead atoms. The molecule has 0 saturated heterocycles. The van der Waals surface area contributed by atoms with Crippen LogP contribution in [0.4, 0.5) is 5.69 Å². The lowest BCUT2D eigenvalue weighted by Gasteiger charge is -2.19. The first-order chi connectivity index (χ1) is 12.3. The summed E-state index contributed by atoms with van der Waals surface area (Å²) in [5.74, 6) is 1.39. The van der Waals surface area contributed by atoms with Crippen LogP contribution in [-0.2, 0) is 10.5 Å². The zero-order valence-electron chi connectivity index (χ0n) is 14.3. The third-order valence-electron chi connectivity index (χ3n) is 4.00. The normalized spacial score (nSPS) is 14.4. The zero-order chi connectivity index (χ0) is 17.5. The van der Waals surface area contributed by atoms with Crippen molar-refractivity contribution in [3.63, 3.8) is 0 Å². The van der Waals surface area contributed by atoms with Gasteiger partial charge < -0.3 is 5.32 Å². The molecule has 1 aliphatic rings. The summed E-state index contributed by atoms with van der Waals surface area (Å²) in [4.78, 5) is 17.0. The average molecular weight is 371 g/mol. The Morgan fingerprint density at radius 3 is 2.76 bits per heavy atom. The van der Waals surface area contributed by atoms with Crippen LogP contribution in [0, 0.1) is 0 Å². The second kappa shape index (κ2) is 9.11. The number of hydrogen-bond donors (Lipinski definition) is 1. The SMILES string of the molecule is CCCC(NC(=O)CSC1=Nc2ccccc2CS1)c1ccccc1. The summed E-state index contributed by atoms with van der Waals surface area (Å²) in [6, 6.07) is 18.4. The molecule has 1 amide bonds. The molecule has 1 heterocycles. The highest BCUT2D eigenvalue weighted by atomic mass is 32.2. The van der Waals surface area contributed by atoms with Crippen LogP contribution in [0.3, 0.4) is 0 Å². The largest absolute Gasteiger partial charge is 0.349 e. The average Bonchev–Trinajstić information content (AvgIpc) is 2.66. The molecule has 1 N–H and O–H groups in total. The van der Waals surface area contributed by atoms with Gasteiger partial charge in [0.25, 0.3) is 0 Å². The third-order valence-corrected chi connectivity index (χ3v) is 6.24. The monoisotopic (exact) mass is 370 g/mol. The molecule has 1 unspecified atom stereocenters. The van der Waals surface area contributed by atoms with Gasteiger partial charge in [0.05, 0.1) is 17.5 Å². The van der Waals surface area contributed by atoms with Crippen molar-refractivity contribution in [1.29, 1.82) is 0 Å². The molecule has 0 spiro atoms. The van der Waals surface area contributed by atoms with Gasteiger partial charge in [0, 0.05) is 5.75 Å². The van der Waals surface area contributed by atoms with E-state index in [9.17, 15) is 4.79 Å². The van der Waals surface area contributed by atoms with Crippen LogP contribution in [0.2, 0.25) is 0 Å². The van der Waals surface area contributed by atoms with E-state index >= 15 is 0 Å². The van der Waals surface area contributed by atoms with Gasteiger partial charge in [0.15, 0.2) is 0 Å². The minimum absolute atomic E-state index is 0.0643. The number of rotatable bonds is 6. The molecule has 0 saturated carbocycles. The van der Waals surface area contributed by atoms with Gasteiger partial charge in [-0.2, -0.15) is 0 Å². The van der Waals surface area contributed by atoms with Crippen molar-refractivity contribution >= 4 is 39.5 Å². The molecule has 1 atom stereocenters. The highest BCUT2D eigenvalue weighted by molar-refractivity contribution is 8.38. The smallest absolute Gasteiger partial charge is 0.230 e. The second-order valence-corrected chi connectivity index (χ2v) is 8.09. The maximum absolute atomic E-state index is 12.4. The maximum atomic E-state index is 12.4. The second-order valence-electron chi connectivity index (χ2n) is 5.90. The van der Waals surface area contributed by atoms with Crippen LogP contribution in [0.15, 0.2) is 59.6 Å². The van der Waals surface area contributed by atoms with E-state index in [0.29, 0.717) is 5.75 Å². The molecule has 0 fully saturated rings. The van der Waals surface area contributed by atoms with Gasteiger partial charge in [0.2, 0.25) is 5.91 Å². The lowest BCUT2D eigenvalue weighted by atomic mass is 10.0. The van der Waals surface area contributed by atoms with E-state index in [2.05, 4.69) is 35.4 Å². The van der Waals surface area contributed by atoms with Crippen LogP contribution in [0.5, 0.6) is 0 Å². The fourth-order valence-electron chi connectivity index (χ4n) is 2.75. The Bertz CT molecular complexity index is 746. The number of benzene rings is 2. The van der Waals surface area contributed by atoms with Crippen molar-refractivity contribution in [1.82, 2.24) is 5.32 Å². The molecule has 5 heteroatoms. The molecule has 130 valence electrons. The van der Waals surface area contributed by atoms with Gasteiger partial charge >= 0.3 is 0 Å². The number of hydrogen-bond acceptors (Lipinski definition) is 4. The lowest BCUT2D eigenvalue weighted by molar-refractivity contribution is -0.119. The van der Waals surface area contributed by atoms with Crippen LogP contribution < -0.4 is 5.32 Å². The van der Waals surface area contributed by atoms with Gasteiger partial charge in [-0.15, -0.1) is 0 Å². The highest BCUT2D eigenvalue weighted by Crippen LogP contribution is 2.34. The van der Waals surface area contributed by atoms with E-state index in [0.717, 1.165) is 28.7 Å². The Morgan fingerprint density at radius 1 is 1.20 bits per heavy atom. The minimum atomic E-state index is 0.0643. The molecule has 0 aromatic heterocycles. The molecular weight excluding hydrogens is 348 g/mol. The fraction of sp³-hybridized carbons (Fsp3) is 0.300. The fourth-order valence-corrected chi connectivity index (χ4v) is 4.62. The molecule has 0 aliphatic carbocycles. The van der Waals surface area contributed by atoms with E-state index in [-0.39, 0.29) is 11.9 Å². The maximum Gasteiger partial charge on any atom is 0.230 e. The number of carbonyl (C=O) groups excluding carboxylic acids is 1. The van der Waals surface area contributed by atoms with E-state index < -0.39 is 0 Å². The molecular formula is C20H22N2OS2. The van der Waals surface area contributed by atoms with Gasteiger partial charge in [0.1, 0.15) is 4.38 Å². The predicted molar refractivity (Wildman–Crippen MR) is 110 cm³/mol. The Kier molecular flexibility index (Phi) is 6.59. The van der Waals surface area contributed by atoms with Crippen LogP contribution in [-0.4, -0.2) is 16.0 Å². The highest BCUT2D eigenvalue weighted by Gasteiger charge is 2.16. The van der Waals surface area contributed by atoms with Crippen molar-refractivity contribution in [3.8, 4) is 0 Å². The number of nitrogens with one attached hydrogen (secondary N) is 1. The molecule has 0 radical (unpaired) electrons. The predicted octanol–water partition coefficient (Wildman–Crippen LogP) is 5.31. The van der Waals surface area contributed by atoms with Crippen LogP contribution >= 0.6 is 23.5 Å². The van der Waals surface area contributed by atoms with E-state index in [1.54, 1.807) is 11.8 Å². The number of nitrogens with zero attached hydrogens (tertiary/aromatic N) is 1. The Morgan fingerprint density at radius 2 is 1.96 bits per heavy atom. The Hall–Kier alpha value is -1.72. The molecule has 2 aromatic carbocycles. The van der Waals surface area contributed by atoms with Crippen LogP contribution in [0.25, 0.3) is 0 Å². The van der Waals surface area contributed by atoms with Gasteiger partial charge in [-0.1, -0.05) is 85.4 Å². The number of fused-ring (bicyclic) bond motifs is 1. The summed E-state index contributed by atoms with van der Waals surface area (Å²) < 4.78 is 0.973. The molecule has 3 nitrogen and oxygen atoms in total. The topological polar surface area (TPSA) is 41.5 Å².